The standard InChI is InChI=1S/C12H15N3O/c1-9(13-2)5-11-3-4-12(16-11)10-6-14-8-15-7-10/h3-4,6-9,13H,5H2,1-2H3. The van der Waals surface area contributed by atoms with Gasteiger partial charge in [0.05, 0.1) is 5.56 Å². The molecule has 0 fully saturated rings. The van der Waals surface area contributed by atoms with Crippen molar-refractivity contribution < 1.29 is 4.42 Å². The average Bonchev–Trinajstić information content (AvgIpc) is 2.78. The summed E-state index contributed by atoms with van der Waals surface area (Å²) in [5.74, 6) is 1.79. The summed E-state index contributed by atoms with van der Waals surface area (Å²) < 4.78 is 5.72. The number of furan rings is 1. The lowest BCUT2D eigenvalue weighted by atomic mass is 10.2. The van der Waals surface area contributed by atoms with Crippen molar-refractivity contribution in [1.29, 1.82) is 0 Å². The second kappa shape index (κ2) is 4.90. The van der Waals surface area contributed by atoms with Crippen LogP contribution in [-0.2, 0) is 6.42 Å². The third-order valence-electron chi connectivity index (χ3n) is 2.51. The van der Waals surface area contributed by atoms with E-state index in [0.29, 0.717) is 6.04 Å². The number of aromatic nitrogens is 2. The van der Waals surface area contributed by atoms with Gasteiger partial charge in [-0.1, -0.05) is 0 Å². The van der Waals surface area contributed by atoms with Crippen LogP contribution in [-0.4, -0.2) is 23.1 Å². The maximum atomic E-state index is 5.72. The Bertz CT molecular complexity index is 439. The van der Waals surface area contributed by atoms with Gasteiger partial charge in [-0.3, -0.25) is 0 Å². The summed E-state index contributed by atoms with van der Waals surface area (Å²) in [6.07, 6.45) is 5.88. The molecule has 0 bridgehead atoms. The van der Waals surface area contributed by atoms with Crippen LogP contribution in [0.5, 0.6) is 0 Å². The summed E-state index contributed by atoms with van der Waals surface area (Å²) in [5, 5.41) is 3.18. The minimum atomic E-state index is 0.408. The predicted octanol–water partition coefficient (Wildman–Crippen LogP) is 1.89. The Morgan fingerprint density at radius 1 is 1.31 bits per heavy atom. The van der Waals surface area contributed by atoms with Gasteiger partial charge in [0.25, 0.3) is 0 Å². The molecule has 1 N–H and O–H groups in total. The van der Waals surface area contributed by atoms with Gasteiger partial charge in [-0.15, -0.1) is 0 Å². The first-order valence-corrected chi connectivity index (χ1v) is 5.31. The smallest absolute Gasteiger partial charge is 0.137 e. The van der Waals surface area contributed by atoms with E-state index >= 15 is 0 Å². The highest BCUT2D eigenvalue weighted by molar-refractivity contribution is 5.54. The molecule has 4 nitrogen and oxygen atoms in total. The molecule has 2 aromatic rings. The van der Waals surface area contributed by atoms with Crippen molar-refractivity contribution in [2.45, 2.75) is 19.4 Å². The van der Waals surface area contributed by atoms with Crippen molar-refractivity contribution >= 4 is 0 Å². The van der Waals surface area contributed by atoms with Crippen LogP contribution >= 0.6 is 0 Å². The first-order chi connectivity index (χ1) is 7.79. The maximum Gasteiger partial charge on any atom is 0.137 e. The normalized spacial score (nSPS) is 12.6. The maximum absolute atomic E-state index is 5.72. The monoisotopic (exact) mass is 217 g/mol. The summed E-state index contributed by atoms with van der Waals surface area (Å²) in [7, 11) is 1.94. The second-order valence-electron chi connectivity index (χ2n) is 3.79. The van der Waals surface area contributed by atoms with Crippen molar-refractivity contribution in [2.75, 3.05) is 7.05 Å². The lowest BCUT2D eigenvalue weighted by Gasteiger charge is -2.06. The molecule has 0 saturated heterocycles. The van der Waals surface area contributed by atoms with Crippen molar-refractivity contribution in [3.8, 4) is 11.3 Å². The van der Waals surface area contributed by atoms with Gasteiger partial charge in [0.2, 0.25) is 0 Å². The highest BCUT2D eigenvalue weighted by Crippen LogP contribution is 2.20. The van der Waals surface area contributed by atoms with E-state index in [9.17, 15) is 0 Å². The molecule has 0 aliphatic heterocycles. The third kappa shape index (κ3) is 2.46. The van der Waals surface area contributed by atoms with Gasteiger partial charge in [-0.05, 0) is 26.1 Å². The zero-order valence-corrected chi connectivity index (χ0v) is 9.47. The first kappa shape index (κ1) is 10.8. The molecule has 0 amide bonds. The van der Waals surface area contributed by atoms with Crippen LogP contribution in [0.4, 0.5) is 0 Å². The Hall–Kier alpha value is -1.68. The van der Waals surface area contributed by atoms with E-state index in [-0.39, 0.29) is 0 Å². The summed E-state index contributed by atoms with van der Waals surface area (Å²) in [5.41, 5.74) is 0.908. The molecule has 16 heavy (non-hydrogen) atoms. The Morgan fingerprint density at radius 2 is 2.06 bits per heavy atom. The molecule has 0 spiro atoms. The largest absolute Gasteiger partial charge is 0.461 e. The molecule has 2 aromatic heterocycles. The molecule has 0 saturated carbocycles. The van der Waals surface area contributed by atoms with Crippen molar-refractivity contribution in [2.24, 2.45) is 0 Å². The Labute approximate surface area is 94.7 Å². The molecule has 0 aliphatic rings. The van der Waals surface area contributed by atoms with Gasteiger partial charge in [-0.25, -0.2) is 9.97 Å². The van der Waals surface area contributed by atoms with Crippen molar-refractivity contribution in [3.63, 3.8) is 0 Å². The van der Waals surface area contributed by atoms with Crippen LogP contribution in [0.3, 0.4) is 0 Å². The molecule has 84 valence electrons. The van der Waals surface area contributed by atoms with Gasteiger partial charge in [0, 0.05) is 24.9 Å². The third-order valence-corrected chi connectivity index (χ3v) is 2.51. The van der Waals surface area contributed by atoms with E-state index in [0.717, 1.165) is 23.5 Å². The summed E-state index contributed by atoms with van der Waals surface area (Å²) in [6.45, 7) is 2.12. The fourth-order valence-corrected chi connectivity index (χ4v) is 1.47. The van der Waals surface area contributed by atoms with Crippen LogP contribution in [0, 0.1) is 0 Å². The van der Waals surface area contributed by atoms with E-state index < -0.39 is 0 Å². The lowest BCUT2D eigenvalue weighted by Crippen LogP contribution is -2.23. The number of hydrogen-bond acceptors (Lipinski definition) is 4. The van der Waals surface area contributed by atoms with Gasteiger partial charge in [-0.2, -0.15) is 0 Å². The Morgan fingerprint density at radius 3 is 2.75 bits per heavy atom. The van der Waals surface area contributed by atoms with Crippen molar-refractivity contribution in [1.82, 2.24) is 15.3 Å². The average molecular weight is 217 g/mol. The summed E-state index contributed by atoms with van der Waals surface area (Å²) in [6, 6.07) is 4.36. The summed E-state index contributed by atoms with van der Waals surface area (Å²) in [4.78, 5) is 7.93. The van der Waals surface area contributed by atoms with Crippen LogP contribution in [0.2, 0.25) is 0 Å². The molecular formula is C12H15N3O. The number of likely N-dealkylation sites (N-methyl/N-ethyl adjacent to an activating group) is 1. The highest BCUT2D eigenvalue weighted by Gasteiger charge is 2.07. The molecule has 1 atom stereocenters. The Kier molecular flexibility index (Phi) is 3.31. The molecule has 1 unspecified atom stereocenters. The van der Waals surface area contributed by atoms with Crippen LogP contribution in [0.25, 0.3) is 11.3 Å². The SMILES string of the molecule is CNC(C)Cc1ccc(-c2cncnc2)o1. The van der Waals surface area contributed by atoms with Gasteiger partial charge in [0.15, 0.2) is 0 Å². The quantitative estimate of drug-likeness (QED) is 0.849. The highest BCUT2D eigenvalue weighted by atomic mass is 16.3. The molecule has 2 rings (SSSR count). The van der Waals surface area contributed by atoms with Gasteiger partial charge >= 0.3 is 0 Å². The van der Waals surface area contributed by atoms with E-state index in [4.69, 9.17) is 4.42 Å². The van der Waals surface area contributed by atoms with Gasteiger partial charge in [0.1, 0.15) is 17.8 Å². The zero-order valence-electron chi connectivity index (χ0n) is 9.47. The summed E-state index contributed by atoms with van der Waals surface area (Å²) >= 11 is 0. The first-order valence-electron chi connectivity index (χ1n) is 5.31. The number of nitrogens with one attached hydrogen (secondary N) is 1. The molecule has 0 radical (unpaired) electrons. The lowest BCUT2D eigenvalue weighted by molar-refractivity contribution is 0.481. The molecule has 0 aliphatic carbocycles. The van der Waals surface area contributed by atoms with Crippen molar-refractivity contribution in [3.05, 3.63) is 36.6 Å². The minimum absolute atomic E-state index is 0.408. The van der Waals surface area contributed by atoms with Gasteiger partial charge < -0.3 is 9.73 Å². The van der Waals surface area contributed by atoms with E-state index in [1.54, 1.807) is 12.4 Å². The molecule has 0 aromatic carbocycles. The van der Waals surface area contributed by atoms with E-state index in [1.807, 2.05) is 19.2 Å². The van der Waals surface area contributed by atoms with Crippen LogP contribution in [0.1, 0.15) is 12.7 Å². The topological polar surface area (TPSA) is 51.0 Å². The fraction of sp³-hybridized carbons (Fsp3) is 0.333. The number of hydrogen-bond donors (Lipinski definition) is 1. The second-order valence-corrected chi connectivity index (χ2v) is 3.79. The zero-order chi connectivity index (χ0) is 11.4. The van der Waals surface area contributed by atoms with Crippen LogP contribution < -0.4 is 5.32 Å². The molecule has 4 heteroatoms. The van der Waals surface area contributed by atoms with E-state index in [1.165, 1.54) is 6.33 Å². The molecule has 2 heterocycles. The number of rotatable bonds is 4. The number of nitrogens with zero attached hydrogens (tertiary/aromatic N) is 2. The molecular weight excluding hydrogens is 202 g/mol. The van der Waals surface area contributed by atoms with Crippen LogP contribution in [0.15, 0.2) is 35.3 Å². The fourth-order valence-electron chi connectivity index (χ4n) is 1.47. The van der Waals surface area contributed by atoms with E-state index in [2.05, 4.69) is 22.2 Å². The predicted molar refractivity (Wildman–Crippen MR) is 62.0 cm³/mol. The Balaban J connectivity index is 2.14. The minimum Gasteiger partial charge on any atom is -0.461 e.